The summed E-state index contributed by atoms with van der Waals surface area (Å²) >= 11 is 12.1. The van der Waals surface area contributed by atoms with Gasteiger partial charge in [0.15, 0.2) is 24.2 Å². The van der Waals surface area contributed by atoms with Crippen molar-refractivity contribution in [3.05, 3.63) is 87.9 Å². The van der Waals surface area contributed by atoms with Crippen molar-refractivity contribution in [2.45, 2.75) is 32.4 Å². The first-order valence-corrected chi connectivity index (χ1v) is 13.3. The highest BCUT2D eigenvalue weighted by molar-refractivity contribution is 6.35. The minimum atomic E-state index is -1.12. The van der Waals surface area contributed by atoms with Crippen molar-refractivity contribution in [3.8, 4) is 17.2 Å². The molecule has 0 aromatic heterocycles. The Labute approximate surface area is 247 Å². The van der Waals surface area contributed by atoms with Gasteiger partial charge < -0.3 is 24.6 Å². The Balaban J connectivity index is 1.70. The van der Waals surface area contributed by atoms with Crippen molar-refractivity contribution in [1.82, 2.24) is 10.7 Å². The van der Waals surface area contributed by atoms with Crippen molar-refractivity contribution < 1.29 is 33.7 Å². The van der Waals surface area contributed by atoms with Gasteiger partial charge in [-0.1, -0.05) is 53.5 Å². The maximum atomic E-state index is 13.1. The molecule has 41 heavy (non-hydrogen) atoms. The molecule has 0 aliphatic carbocycles. The molecular formula is C29H29Cl2N3O7. The first-order valence-electron chi connectivity index (χ1n) is 12.6. The summed E-state index contributed by atoms with van der Waals surface area (Å²) in [4.78, 5) is 36.9. The van der Waals surface area contributed by atoms with E-state index < -0.39 is 36.5 Å². The molecule has 0 aliphatic rings. The van der Waals surface area contributed by atoms with Gasteiger partial charge in [-0.15, -0.1) is 0 Å². The van der Waals surface area contributed by atoms with E-state index in [0.717, 1.165) is 5.56 Å². The summed E-state index contributed by atoms with van der Waals surface area (Å²) in [6.07, 6.45) is 0.617. The molecule has 2 amide bonds. The van der Waals surface area contributed by atoms with Gasteiger partial charge in [0.05, 0.1) is 17.8 Å². The number of carboxylic acid groups (broad SMARTS) is 1. The third kappa shape index (κ3) is 10.0. The fourth-order valence-corrected chi connectivity index (χ4v) is 4.00. The number of carbonyl (C=O) groups is 3. The lowest BCUT2D eigenvalue weighted by Crippen LogP contribution is -2.50. The van der Waals surface area contributed by atoms with Crippen LogP contribution < -0.4 is 25.0 Å². The van der Waals surface area contributed by atoms with E-state index in [-0.39, 0.29) is 22.9 Å². The number of carboxylic acids is 1. The Bertz CT molecular complexity index is 1390. The van der Waals surface area contributed by atoms with Gasteiger partial charge in [-0.25, -0.2) is 10.2 Å². The van der Waals surface area contributed by atoms with E-state index in [2.05, 4.69) is 15.8 Å². The molecule has 3 aromatic rings. The molecule has 2 atom stereocenters. The first-order chi connectivity index (χ1) is 19.7. The summed E-state index contributed by atoms with van der Waals surface area (Å²) < 4.78 is 16.4. The van der Waals surface area contributed by atoms with E-state index in [1.807, 2.05) is 30.3 Å². The fourth-order valence-electron chi connectivity index (χ4n) is 3.54. The molecule has 0 unspecified atom stereocenters. The van der Waals surface area contributed by atoms with Gasteiger partial charge in [0.1, 0.15) is 11.8 Å². The highest BCUT2D eigenvalue weighted by Gasteiger charge is 2.25. The largest absolute Gasteiger partial charge is 0.490 e. The second-order valence-corrected chi connectivity index (χ2v) is 9.49. The average molecular weight is 602 g/mol. The van der Waals surface area contributed by atoms with Crippen LogP contribution in [-0.4, -0.2) is 54.5 Å². The van der Waals surface area contributed by atoms with E-state index in [0.29, 0.717) is 22.9 Å². The lowest BCUT2D eigenvalue weighted by atomic mass is 10.1. The number of nitrogens with one attached hydrogen (secondary N) is 2. The van der Waals surface area contributed by atoms with Gasteiger partial charge in [0.25, 0.3) is 11.8 Å². The van der Waals surface area contributed by atoms with Crippen LogP contribution in [0.3, 0.4) is 0 Å². The number of carbonyl (C=O) groups excluding carboxylic acids is 2. The highest BCUT2D eigenvalue weighted by atomic mass is 35.5. The number of halogens is 2. The maximum absolute atomic E-state index is 13.1. The normalized spacial score (nSPS) is 12.3. The van der Waals surface area contributed by atoms with Crippen molar-refractivity contribution in [2.24, 2.45) is 5.10 Å². The Morgan fingerprint density at radius 3 is 2.37 bits per heavy atom. The van der Waals surface area contributed by atoms with Crippen LogP contribution in [0.4, 0.5) is 0 Å². The average Bonchev–Trinajstić information content (AvgIpc) is 2.94. The number of rotatable bonds is 14. The molecule has 0 radical (unpaired) electrons. The summed E-state index contributed by atoms with van der Waals surface area (Å²) in [5.74, 6) is -1.34. The molecule has 0 bridgehead atoms. The fraction of sp³-hybridized carbons (Fsp3) is 0.241. The van der Waals surface area contributed by atoms with Crippen molar-refractivity contribution in [3.63, 3.8) is 0 Å². The Morgan fingerprint density at radius 2 is 1.68 bits per heavy atom. The molecule has 0 fully saturated rings. The number of hydrazone groups is 1. The molecule has 0 spiro atoms. The number of amides is 2. The quantitative estimate of drug-likeness (QED) is 0.183. The van der Waals surface area contributed by atoms with Crippen molar-refractivity contribution in [1.29, 1.82) is 0 Å². The van der Waals surface area contributed by atoms with Crippen LogP contribution in [0.5, 0.6) is 17.2 Å². The zero-order valence-electron chi connectivity index (χ0n) is 22.3. The maximum Gasteiger partial charge on any atom is 0.341 e. The van der Waals surface area contributed by atoms with Crippen LogP contribution >= 0.6 is 23.2 Å². The number of hydrogen-bond acceptors (Lipinski definition) is 7. The summed E-state index contributed by atoms with van der Waals surface area (Å²) in [5.41, 5.74) is 3.84. The topological polar surface area (TPSA) is 136 Å². The molecule has 12 heteroatoms. The van der Waals surface area contributed by atoms with Crippen LogP contribution in [0.15, 0.2) is 71.8 Å². The van der Waals surface area contributed by atoms with Crippen molar-refractivity contribution in [2.75, 3.05) is 13.2 Å². The molecule has 0 saturated carbocycles. The predicted octanol–water partition coefficient (Wildman–Crippen LogP) is 4.50. The molecule has 0 heterocycles. The van der Waals surface area contributed by atoms with E-state index in [1.165, 1.54) is 19.2 Å². The van der Waals surface area contributed by atoms with Crippen LogP contribution in [0.2, 0.25) is 10.0 Å². The van der Waals surface area contributed by atoms with Crippen LogP contribution in [-0.2, 0) is 20.8 Å². The molecule has 10 nitrogen and oxygen atoms in total. The number of ether oxygens (including phenoxy) is 3. The predicted molar refractivity (Wildman–Crippen MR) is 155 cm³/mol. The molecule has 3 rings (SSSR count). The standard InChI is InChI=1S/C29H29Cl2N3O7/c1-3-39-26-14-20(9-11-25(26)40-17-27(35)36)16-32-34-29(38)23(13-19-7-5-4-6-8-19)33-28(37)18(2)41-24-12-10-21(30)15-22(24)31/h4-12,14-16,18,23H,3,13,17H2,1-2H3,(H,33,37)(H,34,38)(H,35,36)/b32-16-/t18-,23-/m1/s1. The summed E-state index contributed by atoms with van der Waals surface area (Å²) in [6, 6.07) is 17.6. The number of benzene rings is 3. The molecule has 3 aromatic carbocycles. The van der Waals surface area contributed by atoms with E-state index in [9.17, 15) is 14.4 Å². The lowest BCUT2D eigenvalue weighted by molar-refractivity contribution is -0.139. The number of nitrogens with zero attached hydrogens (tertiary/aromatic N) is 1. The second-order valence-electron chi connectivity index (χ2n) is 8.64. The van der Waals surface area contributed by atoms with Crippen LogP contribution in [0.25, 0.3) is 0 Å². The van der Waals surface area contributed by atoms with Gasteiger partial charge in [0.2, 0.25) is 0 Å². The molecule has 3 N–H and O–H groups in total. The van der Waals surface area contributed by atoms with E-state index in [1.54, 1.807) is 37.3 Å². The Morgan fingerprint density at radius 1 is 0.951 bits per heavy atom. The molecule has 0 aliphatic heterocycles. The third-order valence-electron chi connectivity index (χ3n) is 5.49. The molecule has 216 valence electrons. The third-order valence-corrected chi connectivity index (χ3v) is 6.02. The zero-order valence-corrected chi connectivity index (χ0v) is 23.8. The van der Waals surface area contributed by atoms with E-state index in [4.69, 9.17) is 42.5 Å². The first kappa shape index (κ1) is 31.3. The highest BCUT2D eigenvalue weighted by Crippen LogP contribution is 2.29. The number of hydrogen-bond donors (Lipinski definition) is 3. The summed E-state index contributed by atoms with van der Waals surface area (Å²) in [5, 5.41) is 16.3. The van der Waals surface area contributed by atoms with Gasteiger partial charge >= 0.3 is 5.97 Å². The lowest BCUT2D eigenvalue weighted by Gasteiger charge is -2.21. The van der Waals surface area contributed by atoms with E-state index >= 15 is 0 Å². The summed E-state index contributed by atoms with van der Waals surface area (Å²) in [7, 11) is 0. The second kappa shape index (κ2) is 15.5. The van der Waals surface area contributed by atoms with Gasteiger partial charge in [0, 0.05) is 11.4 Å². The Hall–Kier alpha value is -4.28. The van der Waals surface area contributed by atoms with Gasteiger partial charge in [-0.05, 0) is 61.4 Å². The minimum Gasteiger partial charge on any atom is -0.490 e. The smallest absolute Gasteiger partial charge is 0.341 e. The SMILES string of the molecule is CCOc1cc(/C=N\NC(=O)[C@@H](Cc2ccccc2)NC(=O)[C@@H](C)Oc2ccc(Cl)cc2Cl)ccc1OCC(=O)O. The van der Waals surface area contributed by atoms with Crippen LogP contribution in [0.1, 0.15) is 25.0 Å². The molecule has 0 saturated heterocycles. The monoisotopic (exact) mass is 601 g/mol. The van der Waals surface area contributed by atoms with Gasteiger partial charge in [-0.3, -0.25) is 9.59 Å². The number of aliphatic carboxylic acids is 1. The summed E-state index contributed by atoms with van der Waals surface area (Å²) in [6.45, 7) is 3.12. The van der Waals surface area contributed by atoms with Gasteiger partial charge in [-0.2, -0.15) is 5.10 Å². The Kier molecular flexibility index (Phi) is 11.8. The molecular weight excluding hydrogens is 573 g/mol. The minimum absolute atomic E-state index is 0.201. The zero-order chi connectivity index (χ0) is 29.8. The van der Waals surface area contributed by atoms with Crippen LogP contribution in [0, 0.1) is 0 Å². The van der Waals surface area contributed by atoms with Crippen molar-refractivity contribution >= 4 is 47.2 Å².